The van der Waals surface area contributed by atoms with Gasteiger partial charge in [-0.3, -0.25) is 0 Å². The molecule has 0 bridgehead atoms. The Balaban J connectivity index is 2.00. The van der Waals surface area contributed by atoms with Gasteiger partial charge in [-0.15, -0.1) is 0 Å². The van der Waals surface area contributed by atoms with E-state index in [1.807, 2.05) is 12.1 Å². The number of sulfonamides is 1. The van der Waals surface area contributed by atoms with E-state index in [9.17, 15) is 8.42 Å². The molecule has 0 aliphatic carbocycles. The third-order valence-corrected chi connectivity index (χ3v) is 6.14. The Morgan fingerprint density at radius 1 is 1.14 bits per heavy atom. The molecule has 1 aromatic rings. The van der Waals surface area contributed by atoms with Crippen molar-refractivity contribution in [2.24, 2.45) is 5.92 Å². The molecule has 1 saturated heterocycles. The van der Waals surface area contributed by atoms with Gasteiger partial charge in [0.05, 0.1) is 4.90 Å². The van der Waals surface area contributed by atoms with E-state index < -0.39 is 10.0 Å². The average Bonchev–Trinajstić information content (AvgIpc) is 2.53. The van der Waals surface area contributed by atoms with Gasteiger partial charge in [-0.1, -0.05) is 26.0 Å². The van der Waals surface area contributed by atoms with Gasteiger partial charge in [-0.25, -0.2) is 8.42 Å². The number of hydrogen-bond acceptors (Lipinski definition) is 3. The van der Waals surface area contributed by atoms with Crippen molar-refractivity contribution in [2.75, 3.05) is 26.2 Å². The Morgan fingerprint density at radius 2 is 1.76 bits per heavy atom. The highest BCUT2D eigenvalue weighted by molar-refractivity contribution is 7.89. The second kappa shape index (κ2) is 7.38. The molecule has 0 aromatic heterocycles. The van der Waals surface area contributed by atoms with E-state index in [1.54, 1.807) is 16.4 Å². The lowest BCUT2D eigenvalue weighted by Crippen LogP contribution is -2.40. The first-order chi connectivity index (χ1) is 10.1. The minimum atomic E-state index is -3.32. The second-order valence-corrected chi connectivity index (χ2v) is 7.59. The van der Waals surface area contributed by atoms with Crippen LogP contribution >= 0.6 is 0 Å². The summed E-state index contributed by atoms with van der Waals surface area (Å²) in [5.74, 6) is 0.596. The van der Waals surface area contributed by atoms with Gasteiger partial charge >= 0.3 is 0 Å². The number of nitrogens with zero attached hydrogens (tertiary/aromatic N) is 1. The topological polar surface area (TPSA) is 49.4 Å². The maximum atomic E-state index is 12.6. The highest BCUT2D eigenvalue weighted by Crippen LogP contribution is 2.23. The molecule has 0 atom stereocenters. The molecule has 1 N–H and O–H groups in total. The van der Waals surface area contributed by atoms with Crippen molar-refractivity contribution in [3.05, 3.63) is 29.8 Å². The van der Waals surface area contributed by atoms with Crippen molar-refractivity contribution >= 4 is 10.0 Å². The third kappa shape index (κ3) is 4.05. The van der Waals surface area contributed by atoms with Crippen molar-refractivity contribution in [3.8, 4) is 0 Å². The van der Waals surface area contributed by atoms with E-state index in [0.717, 1.165) is 32.4 Å². The van der Waals surface area contributed by atoms with Gasteiger partial charge in [-0.2, -0.15) is 4.31 Å². The zero-order valence-corrected chi connectivity index (χ0v) is 13.8. The van der Waals surface area contributed by atoms with Crippen molar-refractivity contribution in [1.29, 1.82) is 0 Å². The van der Waals surface area contributed by atoms with Crippen LogP contribution in [0.2, 0.25) is 0 Å². The fourth-order valence-electron chi connectivity index (χ4n) is 2.75. The molecule has 4 nitrogen and oxygen atoms in total. The van der Waals surface area contributed by atoms with Crippen LogP contribution in [0.4, 0.5) is 0 Å². The number of aryl methyl sites for hydroxylation is 1. The van der Waals surface area contributed by atoms with Crippen LogP contribution in [0.1, 0.15) is 32.3 Å². The van der Waals surface area contributed by atoms with Gasteiger partial charge in [0, 0.05) is 13.1 Å². The molecule has 0 unspecified atom stereocenters. The van der Waals surface area contributed by atoms with E-state index in [2.05, 4.69) is 19.2 Å². The lowest BCUT2D eigenvalue weighted by Gasteiger charge is -2.31. The number of nitrogens with one attached hydrogen (secondary N) is 1. The Labute approximate surface area is 128 Å². The Bertz CT molecular complexity index is 532. The molecule has 0 saturated carbocycles. The van der Waals surface area contributed by atoms with Crippen molar-refractivity contribution < 1.29 is 8.42 Å². The van der Waals surface area contributed by atoms with Crippen molar-refractivity contribution in [1.82, 2.24) is 9.62 Å². The van der Waals surface area contributed by atoms with E-state index >= 15 is 0 Å². The maximum Gasteiger partial charge on any atom is 0.243 e. The standard InChI is InChI=1S/C16H26N2O2S/c1-3-14-5-7-16(8-6-14)21(19,20)18-11-9-15(10-12-18)13-17-4-2/h5-8,15,17H,3-4,9-13H2,1-2H3. The van der Waals surface area contributed by atoms with Crippen LogP contribution < -0.4 is 5.32 Å². The van der Waals surface area contributed by atoms with E-state index in [4.69, 9.17) is 0 Å². The molecule has 1 aliphatic rings. The van der Waals surface area contributed by atoms with Gasteiger partial charge in [0.25, 0.3) is 0 Å². The van der Waals surface area contributed by atoms with Crippen LogP contribution in [0.5, 0.6) is 0 Å². The van der Waals surface area contributed by atoms with Gasteiger partial charge in [0.15, 0.2) is 0 Å². The summed E-state index contributed by atoms with van der Waals surface area (Å²) in [6.07, 6.45) is 2.81. The summed E-state index contributed by atoms with van der Waals surface area (Å²) >= 11 is 0. The fourth-order valence-corrected chi connectivity index (χ4v) is 4.22. The lowest BCUT2D eigenvalue weighted by molar-refractivity contribution is 0.268. The summed E-state index contributed by atoms with van der Waals surface area (Å²) in [5.41, 5.74) is 1.17. The Kier molecular flexibility index (Phi) is 5.79. The number of hydrogen-bond donors (Lipinski definition) is 1. The number of benzene rings is 1. The first-order valence-electron chi connectivity index (χ1n) is 7.87. The molecule has 118 valence electrons. The largest absolute Gasteiger partial charge is 0.317 e. The van der Waals surface area contributed by atoms with Gasteiger partial charge in [-0.05, 0) is 56.0 Å². The SMILES string of the molecule is CCNCC1CCN(S(=O)(=O)c2ccc(CC)cc2)CC1. The summed E-state index contributed by atoms with van der Waals surface area (Å²) in [6.45, 7) is 7.40. The molecule has 0 amide bonds. The number of piperidine rings is 1. The minimum absolute atomic E-state index is 0.421. The molecular weight excluding hydrogens is 284 g/mol. The average molecular weight is 310 g/mol. The zero-order valence-electron chi connectivity index (χ0n) is 13.0. The Hall–Kier alpha value is -0.910. The molecule has 1 aliphatic heterocycles. The van der Waals surface area contributed by atoms with E-state index in [0.29, 0.717) is 23.9 Å². The van der Waals surface area contributed by atoms with Gasteiger partial charge in [0.1, 0.15) is 0 Å². The highest BCUT2D eigenvalue weighted by Gasteiger charge is 2.28. The molecule has 1 heterocycles. The molecule has 2 rings (SSSR count). The van der Waals surface area contributed by atoms with Gasteiger partial charge in [0.2, 0.25) is 10.0 Å². The van der Waals surface area contributed by atoms with Crippen molar-refractivity contribution in [2.45, 2.75) is 38.0 Å². The Morgan fingerprint density at radius 3 is 2.29 bits per heavy atom. The van der Waals surface area contributed by atoms with Crippen LogP contribution in [0, 0.1) is 5.92 Å². The van der Waals surface area contributed by atoms with E-state index in [-0.39, 0.29) is 0 Å². The van der Waals surface area contributed by atoms with E-state index in [1.165, 1.54) is 5.56 Å². The van der Waals surface area contributed by atoms with Crippen LogP contribution in [0.15, 0.2) is 29.2 Å². The third-order valence-electron chi connectivity index (χ3n) is 4.23. The smallest absolute Gasteiger partial charge is 0.243 e. The van der Waals surface area contributed by atoms with Crippen molar-refractivity contribution in [3.63, 3.8) is 0 Å². The zero-order chi connectivity index (χ0) is 15.3. The quantitative estimate of drug-likeness (QED) is 0.877. The molecular formula is C16H26N2O2S. The summed E-state index contributed by atoms with van der Waals surface area (Å²) < 4.78 is 26.9. The molecule has 0 radical (unpaired) electrons. The van der Waals surface area contributed by atoms with Gasteiger partial charge < -0.3 is 5.32 Å². The molecule has 21 heavy (non-hydrogen) atoms. The molecule has 1 aromatic carbocycles. The normalized spacial score (nSPS) is 18.0. The summed E-state index contributed by atoms with van der Waals surface area (Å²) in [5, 5.41) is 3.35. The summed E-state index contributed by atoms with van der Waals surface area (Å²) in [6, 6.07) is 7.29. The van der Waals surface area contributed by atoms with Crippen LogP contribution in [-0.2, 0) is 16.4 Å². The molecule has 5 heteroatoms. The summed E-state index contributed by atoms with van der Waals surface area (Å²) in [7, 11) is -3.32. The minimum Gasteiger partial charge on any atom is -0.317 e. The monoisotopic (exact) mass is 310 g/mol. The first-order valence-corrected chi connectivity index (χ1v) is 9.31. The molecule has 0 spiro atoms. The fraction of sp³-hybridized carbons (Fsp3) is 0.625. The summed E-state index contributed by atoms with van der Waals surface area (Å²) in [4.78, 5) is 0.421. The highest BCUT2D eigenvalue weighted by atomic mass is 32.2. The number of rotatable bonds is 6. The lowest BCUT2D eigenvalue weighted by atomic mass is 9.98. The maximum absolute atomic E-state index is 12.6. The second-order valence-electron chi connectivity index (χ2n) is 5.65. The first kappa shape index (κ1) is 16.5. The predicted octanol–water partition coefficient (Wildman–Crippen LogP) is 2.26. The molecule has 1 fully saturated rings. The van der Waals surface area contributed by atoms with Crippen LogP contribution in [-0.4, -0.2) is 38.9 Å². The van der Waals surface area contributed by atoms with Crippen LogP contribution in [0.25, 0.3) is 0 Å². The predicted molar refractivity (Wildman–Crippen MR) is 85.8 cm³/mol. The van der Waals surface area contributed by atoms with Crippen LogP contribution in [0.3, 0.4) is 0 Å².